The van der Waals surface area contributed by atoms with Crippen molar-refractivity contribution in [3.05, 3.63) is 40.5 Å². The van der Waals surface area contributed by atoms with Crippen LogP contribution in [-0.4, -0.2) is 54.5 Å². The zero-order chi connectivity index (χ0) is 16.4. The molecule has 0 aliphatic carbocycles. The van der Waals surface area contributed by atoms with E-state index in [4.69, 9.17) is 16.3 Å². The number of carbonyl (C=O) groups excluding carboxylic acids is 2. The number of rotatable bonds is 4. The Labute approximate surface area is 140 Å². The third-order valence-corrected chi connectivity index (χ3v) is 4.30. The van der Waals surface area contributed by atoms with E-state index in [9.17, 15) is 9.59 Å². The number of nitrogens with zero attached hydrogens (tertiary/aromatic N) is 2. The van der Waals surface area contributed by atoms with Crippen LogP contribution < -0.4 is 0 Å². The Balaban J connectivity index is 2.06. The maximum absolute atomic E-state index is 12.8. The van der Waals surface area contributed by atoms with Crippen molar-refractivity contribution >= 4 is 29.0 Å². The molecule has 0 bridgehead atoms. The number of carbonyl (C=O) groups is 2. The summed E-state index contributed by atoms with van der Waals surface area (Å²) in [5, 5.41) is 0.601. The molecule has 2 aliphatic heterocycles. The van der Waals surface area contributed by atoms with Crippen molar-refractivity contribution in [2.24, 2.45) is 0 Å². The van der Waals surface area contributed by atoms with Crippen LogP contribution in [0.5, 0.6) is 0 Å². The molecule has 3 rings (SSSR count). The van der Waals surface area contributed by atoms with Gasteiger partial charge in [-0.2, -0.15) is 0 Å². The average molecular weight is 335 g/mol. The van der Waals surface area contributed by atoms with E-state index in [1.54, 1.807) is 24.3 Å². The molecule has 1 aromatic rings. The summed E-state index contributed by atoms with van der Waals surface area (Å²) in [4.78, 5) is 28.9. The van der Waals surface area contributed by atoms with Gasteiger partial charge in [0.15, 0.2) is 0 Å². The van der Waals surface area contributed by atoms with E-state index in [1.165, 1.54) is 4.90 Å². The summed E-state index contributed by atoms with van der Waals surface area (Å²) < 4.78 is 5.36. The van der Waals surface area contributed by atoms with Crippen LogP contribution in [0.15, 0.2) is 30.0 Å². The highest BCUT2D eigenvalue weighted by Gasteiger charge is 2.41. The molecule has 23 heavy (non-hydrogen) atoms. The van der Waals surface area contributed by atoms with Crippen molar-refractivity contribution in [2.75, 3.05) is 32.8 Å². The minimum Gasteiger partial charge on any atom is -0.378 e. The Hall–Kier alpha value is -1.85. The van der Waals surface area contributed by atoms with Crippen LogP contribution in [0.2, 0.25) is 5.02 Å². The predicted molar refractivity (Wildman–Crippen MR) is 87.8 cm³/mol. The van der Waals surface area contributed by atoms with Crippen LogP contribution in [0, 0.1) is 0 Å². The minimum atomic E-state index is -0.222. The van der Waals surface area contributed by atoms with Gasteiger partial charge >= 0.3 is 0 Å². The molecular weight excluding hydrogens is 316 g/mol. The summed E-state index contributed by atoms with van der Waals surface area (Å²) in [6.45, 7) is 4.74. The molecule has 1 saturated heterocycles. The van der Waals surface area contributed by atoms with Crippen LogP contribution in [0.25, 0.3) is 5.57 Å². The first kappa shape index (κ1) is 16.0. The first-order chi connectivity index (χ1) is 11.1. The average Bonchev–Trinajstić information content (AvgIpc) is 2.81. The van der Waals surface area contributed by atoms with E-state index in [-0.39, 0.29) is 11.8 Å². The van der Waals surface area contributed by atoms with Crippen molar-refractivity contribution in [1.82, 2.24) is 9.80 Å². The summed E-state index contributed by atoms with van der Waals surface area (Å²) in [6, 6.07) is 7.06. The summed E-state index contributed by atoms with van der Waals surface area (Å²) in [5.74, 6) is -0.427. The third-order valence-electron chi connectivity index (χ3n) is 4.05. The van der Waals surface area contributed by atoms with Crippen LogP contribution >= 0.6 is 11.6 Å². The lowest BCUT2D eigenvalue weighted by molar-refractivity contribution is -0.137. The molecule has 2 amide bonds. The standard InChI is InChI=1S/C17H19ClN2O3/c1-2-7-20-16(21)14(12-3-5-13(18)6-4-12)15(17(20)22)19-8-10-23-11-9-19/h3-6H,2,7-11H2,1H3. The van der Waals surface area contributed by atoms with Gasteiger partial charge in [0.25, 0.3) is 11.8 Å². The fourth-order valence-electron chi connectivity index (χ4n) is 2.95. The maximum Gasteiger partial charge on any atom is 0.277 e. The van der Waals surface area contributed by atoms with Crippen molar-refractivity contribution in [3.63, 3.8) is 0 Å². The fraction of sp³-hybridized carbons (Fsp3) is 0.412. The van der Waals surface area contributed by atoms with Crippen LogP contribution in [0.3, 0.4) is 0 Å². The molecule has 0 N–H and O–H groups in total. The van der Waals surface area contributed by atoms with Crippen molar-refractivity contribution in [1.29, 1.82) is 0 Å². The van der Waals surface area contributed by atoms with Crippen LogP contribution in [0.1, 0.15) is 18.9 Å². The van der Waals surface area contributed by atoms with E-state index in [0.29, 0.717) is 49.1 Å². The highest BCUT2D eigenvalue weighted by Crippen LogP contribution is 2.32. The Morgan fingerprint density at radius 1 is 1.09 bits per heavy atom. The lowest BCUT2D eigenvalue weighted by Gasteiger charge is -2.29. The van der Waals surface area contributed by atoms with Gasteiger partial charge in [0.1, 0.15) is 5.70 Å². The van der Waals surface area contributed by atoms with E-state index < -0.39 is 0 Å². The molecule has 2 aliphatic rings. The second kappa shape index (κ2) is 6.72. The summed E-state index contributed by atoms with van der Waals surface area (Å²) in [5.41, 5.74) is 1.70. The molecule has 2 heterocycles. The molecule has 1 fully saturated rings. The summed E-state index contributed by atoms with van der Waals surface area (Å²) in [6.07, 6.45) is 0.738. The normalized spacial score (nSPS) is 19.0. The monoisotopic (exact) mass is 334 g/mol. The van der Waals surface area contributed by atoms with Crippen LogP contribution in [0.4, 0.5) is 0 Å². The molecule has 5 nitrogen and oxygen atoms in total. The number of amides is 2. The van der Waals surface area contributed by atoms with Gasteiger partial charge < -0.3 is 9.64 Å². The molecule has 0 aromatic heterocycles. The van der Waals surface area contributed by atoms with Crippen molar-refractivity contribution < 1.29 is 14.3 Å². The quantitative estimate of drug-likeness (QED) is 0.792. The zero-order valence-electron chi connectivity index (χ0n) is 13.0. The minimum absolute atomic E-state index is 0.205. The molecule has 0 radical (unpaired) electrons. The van der Waals surface area contributed by atoms with E-state index >= 15 is 0 Å². The largest absolute Gasteiger partial charge is 0.378 e. The van der Waals surface area contributed by atoms with Gasteiger partial charge in [0.05, 0.1) is 18.8 Å². The molecule has 122 valence electrons. The number of morpholine rings is 1. The number of imide groups is 1. The van der Waals surface area contributed by atoms with Gasteiger partial charge in [-0.05, 0) is 24.1 Å². The Kier molecular flexibility index (Phi) is 4.68. The number of ether oxygens (including phenoxy) is 1. The molecule has 6 heteroatoms. The fourth-order valence-corrected chi connectivity index (χ4v) is 3.07. The van der Waals surface area contributed by atoms with Gasteiger partial charge in [-0.1, -0.05) is 30.7 Å². The second-order valence-corrected chi connectivity index (χ2v) is 6.03. The van der Waals surface area contributed by atoms with Gasteiger partial charge in [0.2, 0.25) is 0 Å². The predicted octanol–water partition coefficient (Wildman–Crippen LogP) is 2.16. The maximum atomic E-state index is 12.8. The van der Waals surface area contributed by atoms with Gasteiger partial charge in [0, 0.05) is 24.7 Å². The zero-order valence-corrected chi connectivity index (χ0v) is 13.8. The molecular formula is C17H19ClN2O3. The number of halogens is 1. The Morgan fingerprint density at radius 3 is 2.35 bits per heavy atom. The first-order valence-corrected chi connectivity index (χ1v) is 8.20. The van der Waals surface area contributed by atoms with Gasteiger partial charge in [-0.3, -0.25) is 14.5 Å². The first-order valence-electron chi connectivity index (χ1n) is 7.82. The van der Waals surface area contributed by atoms with Crippen LogP contribution in [-0.2, 0) is 14.3 Å². The lowest BCUT2D eigenvalue weighted by Crippen LogP contribution is -2.40. The summed E-state index contributed by atoms with van der Waals surface area (Å²) >= 11 is 5.94. The highest BCUT2D eigenvalue weighted by atomic mass is 35.5. The third kappa shape index (κ3) is 2.99. The molecule has 0 saturated carbocycles. The Morgan fingerprint density at radius 2 is 1.74 bits per heavy atom. The SMILES string of the molecule is CCCN1C(=O)C(c2ccc(Cl)cc2)=C(N2CCOCC2)C1=O. The van der Waals surface area contributed by atoms with E-state index in [1.807, 2.05) is 11.8 Å². The smallest absolute Gasteiger partial charge is 0.277 e. The Bertz CT molecular complexity index is 648. The molecule has 1 aromatic carbocycles. The highest BCUT2D eigenvalue weighted by molar-refractivity contribution is 6.36. The molecule has 0 spiro atoms. The van der Waals surface area contributed by atoms with Crippen molar-refractivity contribution in [3.8, 4) is 0 Å². The van der Waals surface area contributed by atoms with Crippen molar-refractivity contribution in [2.45, 2.75) is 13.3 Å². The number of benzene rings is 1. The number of hydrogen-bond donors (Lipinski definition) is 0. The topological polar surface area (TPSA) is 49.9 Å². The second-order valence-electron chi connectivity index (χ2n) is 5.59. The molecule has 0 atom stereocenters. The lowest BCUT2D eigenvalue weighted by atomic mass is 10.0. The van der Waals surface area contributed by atoms with E-state index in [2.05, 4.69) is 0 Å². The molecule has 0 unspecified atom stereocenters. The van der Waals surface area contributed by atoms with E-state index in [0.717, 1.165) is 12.0 Å². The summed E-state index contributed by atoms with van der Waals surface area (Å²) in [7, 11) is 0. The van der Waals surface area contributed by atoms with Gasteiger partial charge in [-0.15, -0.1) is 0 Å². The number of hydrogen-bond acceptors (Lipinski definition) is 4. The van der Waals surface area contributed by atoms with Gasteiger partial charge in [-0.25, -0.2) is 0 Å².